The molecule has 0 saturated carbocycles. The largest absolute Gasteiger partial charge is 0.435 e. The van der Waals surface area contributed by atoms with Crippen LogP contribution in [0.3, 0.4) is 0 Å². The predicted molar refractivity (Wildman–Crippen MR) is 65.9 cm³/mol. The normalized spacial score (nSPS) is 23.1. The molecular weight excluding hydrogens is 438 g/mol. The van der Waals surface area contributed by atoms with Crippen molar-refractivity contribution in [1.29, 1.82) is 0 Å². The van der Waals surface area contributed by atoms with Crippen LogP contribution in [0.2, 0.25) is 0 Å². The van der Waals surface area contributed by atoms with Gasteiger partial charge in [-0.05, 0) is 31.9 Å². The van der Waals surface area contributed by atoms with Crippen LogP contribution in [-0.2, 0) is 11.8 Å². The van der Waals surface area contributed by atoms with E-state index in [0.717, 1.165) is 6.20 Å². The number of aromatic nitrogens is 2. The quantitative estimate of drug-likeness (QED) is 0.711. The van der Waals surface area contributed by atoms with E-state index in [-0.39, 0.29) is 9.09 Å². The third-order valence-corrected chi connectivity index (χ3v) is 4.02. The van der Waals surface area contributed by atoms with E-state index in [0.29, 0.717) is 10.7 Å². The molecule has 0 fully saturated rings. The van der Waals surface area contributed by atoms with Crippen LogP contribution in [0.25, 0.3) is 0 Å². The first kappa shape index (κ1) is 16.6. The smallest absolute Gasteiger partial charge is 0.230 e. The zero-order valence-corrected chi connectivity index (χ0v) is 12.9. The second-order valence-corrected chi connectivity index (χ2v) is 5.80. The molecule has 117 valence electrons. The Morgan fingerprint density at radius 2 is 1.81 bits per heavy atom. The van der Waals surface area contributed by atoms with Gasteiger partial charge in [0, 0.05) is 6.07 Å². The Bertz CT molecular complexity index is 578. The average molecular weight is 443 g/mol. The third kappa shape index (κ3) is 3.21. The summed E-state index contributed by atoms with van der Waals surface area (Å²) in [5.41, 5.74) is 2.22. The van der Waals surface area contributed by atoms with E-state index >= 15 is 0 Å². The van der Waals surface area contributed by atoms with Gasteiger partial charge in [0.05, 0.1) is 17.1 Å². The van der Waals surface area contributed by atoms with Crippen molar-refractivity contribution in [3.05, 3.63) is 27.0 Å². The minimum absolute atomic E-state index is 0.0927. The zero-order chi connectivity index (χ0) is 16.1. The van der Waals surface area contributed by atoms with Gasteiger partial charge in [0.2, 0.25) is 0 Å². The summed E-state index contributed by atoms with van der Waals surface area (Å²) in [7, 11) is 0. The maximum Gasteiger partial charge on any atom is 0.435 e. The predicted octanol–water partition coefficient (Wildman–Crippen LogP) is 3.63. The van der Waals surface area contributed by atoms with Crippen LogP contribution < -0.4 is 10.9 Å². The summed E-state index contributed by atoms with van der Waals surface area (Å²) in [4.78, 5) is 0. The number of nitrogens with zero attached hydrogens (tertiary/aromatic N) is 3. The van der Waals surface area contributed by atoms with Crippen molar-refractivity contribution < 1.29 is 26.3 Å². The van der Waals surface area contributed by atoms with Crippen LogP contribution >= 0.6 is 31.9 Å². The van der Waals surface area contributed by atoms with E-state index in [4.69, 9.17) is 0 Å². The summed E-state index contributed by atoms with van der Waals surface area (Å²) in [6.45, 7) is 0. The fourth-order valence-electron chi connectivity index (χ4n) is 1.76. The van der Waals surface area contributed by atoms with Gasteiger partial charge < -0.3 is 0 Å². The number of hydrogen-bond acceptors (Lipinski definition) is 2. The Hall–Kier alpha value is -0.750. The van der Waals surface area contributed by atoms with E-state index in [1.165, 1.54) is 0 Å². The lowest BCUT2D eigenvalue weighted by molar-refractivity contribution is -0.156. The SMILES string of the molecule is FC(F)(F)CC1(n2nc(C(F)(F)F)cc2Br)N[N]C=C1Br. The molecule has 0 aromatic carbocycles. The first-order valence-corrected chi connectivity index (χ1v) is 6.77. The van der Waals surface area contributed by atoms with Gasteiger partial charge in [-0.25, -0.2) is 10.1 Å². The molecule has 0 spiro atoms. The molecule has 1 aliphatic heterocycles. The lowest BCUT2D eigenvalue weighted by atomic mass is 10.1. The Labute approximate surface area is 130 Å². The summed E-state index contributed by atoms with van der Waals surface area (Å²) in [5, 5.41) is 3.22. The Morgan fingerprint density at radius 1 is 1.19 bits per heavy atom. The summed E-state index contributed by atoms with van der Waals surface area (Å²) >= 11 is 5.68. The molecule has 12 heteroatoms. The zero-order valence-electron chi connectivity index (χ0n) is 9.73. The third-order valence-electron chi connectivity index (χ3n) is 2.60. The molecule has 2 rings (SSSR count). The number of alkyl halides is 6. The molecule has 2 heterocycles. The van der Waals surface area contributed by atoms with E-state index in [1.807, 2.05) is 0 Å². The fraction of sp³-hybridized carbons (Fsp3) is 0.444. The van der Waals surface area contributed by atoms with Crippen LogP contribution in [0.5, 0.6) is 0 Å². The summed E-state index contributed by atoms with van der Waals surface area (Å²) in [6.07, 6.45) is -9.91. The van der Waals surface area contributed by atoms with Crippen molar-refractivity contribution in [1.82, 2.24) is 20.6 Å². The van der Waals surface area contributed by atoms with E-state index in [1.54, 1.807) is 0 Å². The van der Waals surface area contributed by atoms with E-state index in [2.05, 4.69) is 47.8 Å². The number of halogens is 8. The minimum atomic E-state index is -4.78. The van der Waals surface area contributed by atoms with Gasteiger partial charge >= 0.3 is 12.4 Å². The topological polar surface area (TPSA) is 44.0 Å². The summed E-state index contributed by atoms with van der Waals surface area (Å²) in [6, 6.07) is 0.596. The Kier molecular flexibility index (Phi) is 4.08. The van der Waals surface area contributed by atoms with E-state index in [9.17, 15) is 26.3 Å². The first-order valence-electron chi connectivity index (χ1n) is 5.19. The maximum atomic E-state index is 12.8. The number of rotatable bonds is 2. The van der Waals surface area contributed by atoms with Crippen LogP contribution in [0.15, 0.2) is 21.4 Å². The van der Waals surface area contributed by atoms with Gasteiger partial charge in [0.1, 0.15) is 4.60 Å². The molecule has 1 aromatic rings. The highest BCUT2D eigenvalue weighted by Gasteiger charge is 2.51. The standard InChI is InChI=1S/C9H5Br2F6N4/c10-4-2-18-20-7(4,3-8(12,13)14)21-6(11)1-5(19-21)9(15,16)17/h1-2,20H,3H2. The highest BCUT2D eigenvalue weighted by Crippen LogP contribution is 2.42. The van der Waals surface area contributed by atoms with Crippen molar-refractivity contribution in [2.75, 3.05) is 0 Å². The summed E-state index contributed by atoms with van der Waals surface area (Å²) < 4.78 is 76.4. The molecule has 0 bridgehead atoms. The van der Waals surface area contributed by atoms with Crippen molar-refractivity contribution in [3.63, 3.8) is 0 Å². The molecule has 1 atom stereocenters. The minimum Gasteiger partial charge on any atom is -0.230 e. The molecule has 1 aliphatic rings. The molecule has 21 heavy (non-hydrogen) atoms. The van der Waals surface area contributed by atoms with Crippen molar-refractivity contribution in [2.24, 2.45) is 0 Å². The molecule has 1 N–H and O–H groups in total. The lowest BCUT2D eigenvalue weighted by Crippen LogP contribution is -2.50. The highest BCUT2D eigenvalue weighted by molar-refractivity contribution is 9.11. The van der Waals surface area contributed by atoms with Crippen LogP contribution in [0, 0.1) is 0 Å². The first-order chi connectivity index (χ1) is 9.46. The number of hydrogen-bond donors (Lipinski definition) is 1. The van der Waals surface area contributed by atoms with Crippen LogP contribution in [-0.4, -0.2) is 16.0 Å². The van der Waals surface area contributed by atoms with Gasteiger partial charge in [-0.3, -0.25) is 0 Å². The average Bonchev–Trinajstić information content (AvgIpc) is 2.81. The van der Waals surface area contributed by atoms with Gasteiger partial charge in [0.25, 0.3) is 0 Å². The molecule has 0 saturated heterocycles. The van der Waals surface area contributed by atoms with Gasteiger partial charge in [-0.15, -0.1) is 0 Å². The molecular formula is C9H5Br2F6N4. The lowest BCUT2D eigenvalue weighted by Gasteiger charge is -2.31. The van der Waals surface area contributed by atoms with Crippen LogP contribution in [0.4, 0.5) is 26.3 Å². The monoisotopic (exact) mass is 441 g/mol. The molecule has 4 nitrogen and oxygen atoms in total. The number of nitrogens with one attached hydrogen (secondary N) is 1. The summed E-state index contributed by atoms with van der Waals surface area (Å²) in [5.74, 6) is 0. The maximum absolute atomic E-state index is 12.8. The van der Waals surface area contributed by atoms with Gasteiger partial charge in [-0.1, -0.05) is 0 Å². The highest BCUT2D eigenvalue weighted by atomic mass is 79.9. The Balaban J connectivity index is 2.54. The van der Waals surface area contributed by atoms with Gasteiger partial charge in [-0.2, -0.15) is 36.9 Å². The van der Waals surface area contributed by atoms with Crippen LogP contribution in [0.1, 0.15) is 12.1 Å². The molecule has 1 aromatic heterocycles. The van der Waals surface area contributed by atoms with Crippen molar-refractivity contribution >= 4 is 31.9 Å². The second kappa shape index (κ2) is 5.16. The fourth-order valence-corrected chi connectivity index (χ4v) is 2.86. The van der Waals surface area contributed by atoms with Crippen molar-refractivity contribution in [2.45, 2.75) is 24.4 Å². The molecule has 0 amide bonds. The Morgan fingerprint density at radius 3 is 2.19 bits per heavy atom. The second-order valence-electron chi connectivity index (χ2n) is 4.13. The molecule has 1 radical (unpaired) electrons. The van der Waals surface area contributed by atoms with Crippen molar-refractivity contribution in [3.8, 4) is 0 Å². The molecule has 0 aliphatic carbocycles. The van der Waals surface area contributed by atoms with Gasteiger partial charge in [0.15, 0.2) is 11.4 Å². The molecule has 1 unspecified atom stereocenters. The van der Waals surface area contributed by atoms with E-state index < -0.39 is 30.1 Å².